The van der Waals surface area contributed by atoms with E-state index >= 15 is 0 Å². The Kier molecular flexibility index (Phi) is 9.73. The van der Waals surface area contributed by atoms with E-state index in [9.17, 15) is 9.90 Å². The van der Waals surface area contributed by atoms with Crippen LogP contribution in [0, 0.1) is 0 Å². The molecule has 0 aliphatic carbocycles. The molecule has 1 aromatic heterocycles. The van der Waals surface area contributed by atoms with Crippen molar-refractivity contribution >= 4 is 17.0 Å². The molecule has 0 aliphatic heterocycles. The topological polar surface area (TPSA) is 88.1 Å². The van der Waals surface area contributed by atoms with E-state index in [2.05, 4.69) is 29.3 Å². The van der Waals surface area contributed by atoms with Gasteiger partial charge in [0.1, 0.15) is 16.8 Å². The van der Waals surface area contributed by atoms with Crippen LogP contribution < -0.4 is 0 Å². The number of ether oxygens (including phenoxy) is 1. The van der Waals surface area contributed by atoms with Gasteiger partial charge < -0.3 is 9.84 Å². The number of H-pyrrole nitrogens is 1. The van der Waals surface area contributed by atoms with E-state index in [1.807, 2.05) is 30.3 Å². The summed E-state index contributed by atoms with van der Waals surface area (Å²) in [6.45, 7) is 4.85. The Bertz CT molecular complexity index is 1030. The van der Waals surface area contributed by atoms with Gasteiger partial charge in [-0.1, -0.05) is 70.6 Å². The minimum Gasteiger partial charge on any atom is -0.507 e. The Morgan fingerprint density at radius 2 is 1.73 bits per heavy atom. The van der Waals surface area contributed by atoms with Crippen molar-refractivity contribution in [1.82, 2.24) is 15.4 Å². The predicted octanol–water partition coefficient (Wildman–Crippen LogP) is 6.51. The van der Waals surface area contributed by atoms with Crippen molar-refractivity contribution in [2.24, 2.45) is 0 Å². The predicted molar refractivity (Wildman–Crippen MR) is 132 cm³/mol. The number of hydrogen-bond acceptors (Lipinski definition) is 5. The lowest BCUT2D eigenvalue weighted by molar-refractivity contribution is -0.143. The first kappa shape index (κ1) is 24.7. The molecule has 0 bridgehead atoms. The van der Waals surface area contributed by atoms with Crippen LogP contribution in [0.3, 0.4) is 0 Å². The second-order valence-electron chi connectivity index (χ2n) is 8.74. The molecule has 3 rings (SSSR count). The van der Waals surface area contributed by atoms with E-state index in [-0.39, 0.29) is 11.7 Å². The van der Waals surface area contributed by atoms with Gasteiger partial charge in [-0.25, -0.2) is 0 Å². The Hall–Kier alpha value is -2.89. The highest BCUT2D eigenvalue weighted by atomic mass is 16.5. The van der Waals surface area contributed by atoms with E-state index in [1.54, 1.807) is 0 Å². The molecule has 2 aromatic carbocycles. The van der Waals surface area contributed by atoms with Crippen molar-refractivity contribution in [3.8, 4) is 16.9 Å². The first-order valence-electron chi connectivity index (χ1n) is 12.4. The maximum atomic E-state index is 12.3. The third-order valence-corrected chi connectivity index (χ3v) is 6.06. The van der Waals surface area contributed by atoms with Gasteiger partial charge in [-0.05, 0) is 48.9 Å². The second kappa shape index (κ2) is 13.0. The highest BCUT2D eigenvalue weighted by Crippen LogP contribution is 2.37. The molecule has 178 valence electrons. The number of carbonyl (C=O) groups is 1. The summed E-state index contributed by atoms with van der Waals surface area (Å²) in [4.78, 5) is 12.3. The summed E-state index contributed by atoms with van der Waals surface area (Å²) in [5.41, 5.74) is 4.98. The molecule has 6 heteroatoms. The van der Waals surface area contributed by atoms with Gasteiger partial charge in [0.15, 0.2) is 0 Å². The average Bonchev–Trinajstić information content (AvgIpc) is 3.31. The number of rotatable bonds is 14. The van der Waals surface area contributed by atoms with Gasteiger partial charge in [0, 0.05) is 17.5 Å². The number of aromatic nitrogens is 3. The third kappa shape index (κ3) is 7.04. The zero-order valence-electron chi connectivity index (χ0n) is 20.0. The van der Waals surface area contributed by atoms with E-state index in [1.165, 1.54) is 25.7 Å². The first-order chi connectivity index (χ1) is 16.1. The van der Waals surface area contributed by atoms with Crippen LogP contribution in [0.4, 0.5) is 0 Å². The number of benzene rings is 2. The number of aromatic hydroxyl groups is 1. The standard InChI is InChI=1S/C27H37N3O3/c1-3-5-7-8-9-10-17-33-25(31)16-15-20-18-21(12-6-4-2)27(32)23(19-20)22-13-11-14-24-26(22)29-30-28-24/h11,13-14,18-19,32H,3-10,12,15-17H2,1-2H3,(H,28,29,30). The van der Waals surface area contributed by atoms with Crippen molar-refractivity contribution in [2.75, 3.05) is 6.61 Å². The maximum Gasteiger partial charge on any atom is 0.306 e. The largest absolute Gasteiger partial charge is 0.507 e. The van der Waals surface area contributed by atoms with Gasteiger partial charge in [-0.15, -0.1) is 0 Å². The van der Waals surface area contributed by atoms with Gasteiger partial charge >= 0.3 is 5.97 Å². The second-order valence-corrected chi connectivity index (χ2v) is 8.74. The van der Waals surface area contributed by atoms with Crippen molar-refractivity contribution < 1.29 is 14.6 Å². The smallest absolute Gasteiger partial charge is 0.306 e. The van der Waals surface area contributed by atoms with Gasteiger partial charge in [0.2, 0.25) is 0 Å². The number of hydrogen-bond donors (Lipinski definition) is 2. The quantitative estimate of drug-likeness (QED) is 0.215. The van der Waals surface area contributed by atoms with Crippen LogP contribution in [0.15, 0.2) is 30.3 Å². The molecule has 3 aromatic rings. The van der Waals surface area contributed by atoms with Crippen LogP contribution in [0.5, 0.6) is 5.75 Å². The fourth-order valence-corrected chi connectivity index (χ4v) is 4.14. The molecule has 0 unspecified atom stereocenters. The Balaban J connectivity index is 1.67. The maximum absolute atomic E-state index is 12.3. The zero-order valence-corrected chi connectivity index (χ0v) is 20.0. The number of para-hydroxylation sites is 1. The first-order valence-corrected chi connectivity index (χ1v) is 12.4. The summed E-state index contributed by atoms with van der Waals surface area (Å²) < 4.78 is 5.44. The molecule has 33 heavy (non-hydrogen) atoms. The van der Waals surface area contributed by atoms with Crippen molar-refractivity contribution in [1.29, 1.82) is 0 Å². The van der Waals surface area contributed by atoms with Gasteiger partial charge in [-0.2, -0.15) is 15.4 Å². The number of fused-ring (bicyclic) bond motifs is 1. The van der Waals surface area contributed by atoms with Crippen molar-refractivity contribution in [3.05, 3.63) is 41.5 Å². The lowest BCUT2D eigenvalue weighted by Crippen LogP contribution is -2.07. The number of unbranched alkanes of at least 4 members (excludes halogenated alkanes) is 6. The fraction of sp³-hybridized carbons (Fsp3) is 0.519. The summed E-state index contributed by atoms with van der Waals surface area (Å²) in [5, 5.41) is 22.1. The van der Waals surface area contributed by atoms with E-state index in [0.29, 0.717) is 19.4 Å². The molecular formula is C27H37N3O3. The minimum atomic E-state index is -0.160. The highest BCUT2D eigenvalue weighted by Gasteiger charge is 2.16. The SMILES string of the molecule is CCCCCCCCOC(=O)CCc1cc(CCCC)c(O)c(-c2cccc3n[nH]nc23)c1. The number of esters is 1. The number of phenolic OH excluding ortho intramolecular Hbond substituents is 1. The normalized spacial score (nSPS) is 11.2. The molecule has 0 radical (unpaired) electrons. The highest BCUT2D eigenvalue weighted by molar-refractivity contribution is 5.93. The summed E-state index contributed by atoms with van der Waals surface area (Å²) in [6, 6.07) is 9.74. The molecule has 6 nitrogen and oxygen atoms in total. The van der Waals surface area contributed by atoms with Gasteiger partial charge in [0.25, 0.3) is 0 Å². The Morgan fingerprint density at radius 1 is 0.939 bits per heavy atom. The molecule has 2 N–H and O–H groups in total. The van der Waals surface area contributed by atoms with E-state index < -0.39 is 0 Å². The molecule has 0 spiro atoms. The van der Waals surface area contributed by atoms with E-state index in [0.717, 1.165) is 65.4 Å². The molecule has 1 heterocycles. The Morgan fingerprint density at radius 3 is 2.55 bits per heavy atom. The summed E-state index contributed by atoms with van der Waals surface area (Å²) in [6.07, 6.45) is 10.8. The van der Waals surface area contributed by atoms with Crippen LogP contribution in [0.1, 0.15) is 82.8 Å². The summed E-state index contributed by atoms with van der Waals surface area (Å²) in [7, 11) is 0. The fourth-order valence-electron chi connectivity index (χ4n) is 4.14. The Labute approximate surface area is 196 Å². The molecular weight excluding hydrogens is 414 g/mol. The third-order valence-electron chi connectivity index (χ3n) is 6.06. The van der Waals surface area contributed by atoms with Gasteiger partial charge in [-0.3, -0.25) is 4.79 Å². The van der Waals surface area contributed by atoms with Crippen molar-refractivity contribution in [2.45, 2.75) is 84.5 Å². The minimum absolute atomic E-state index is 0.160. The number of nitrogens with one attached hydrogen (secondary N) is 1. The van der Waals surface area contributed by atoms with Gasteiger partial charge in [0.05, 0.1) is 6.61 Å². The van der Waals surface area contributed by atoms with Crippen LogP contribution in [-0.4, -0.2) is 33.1 Å². The molecule has 0 amide bonds. The zero-order chi connectivity index (χ0) is 23.5. The average molecular weight is 452 g/mol. The number of aryl methyl sites for hydroxylation is 2. The molecule has 0 atom stereocenters. The van der Waals surface area contributed by atoms with Crippen LogP contribution in [0.2, 0.25) is 0 Å². The molecule has 0 saturated heterocycles. The lowest BCUT2D eigenvalue weighted by Gasteiger charge is -2.14. The number of nitrogens with zero attached hydrogens (tertiary/aromatic N) is 2. The van der Waals surface area contributed by atoms with Crippen molar-refractivity contribution in [3.63, 3.8) is 0 Å². The monoisotopic (exact) mass is 451 g/mol. The molecule has 0 aliphatic rings. The van der Waals surface area contributed by atoms with Crippen LogP contribution >= 0.6 is 0 Å². The lowest BCUT2D eigenvalue weighted by atomic mass is 9.93. The number of carbonyl (C=O) groups excluding carboxylic acids is 1. The summed E-state index contributed by atoms with van der Waals surface area (Å²) >= 11 is 0. The molecule has 0 fully saturated rings. The number of phenols is 1. The molecule has 0 saturated carbocycles. The number of aromatic amines is 1. The van der Waals surface area contributed by atoms with Crippen LogP contribution in [0.25, 0.3) is 22.2 Å². The van der Waals surface area contributed by atoms with Crippen LogP contribution in [-0.2, 0) is 22.4 Å². The summed E-state index contributed by atoms with van der Waals surface area (Å²) in [5.74, 6) is 0.125. The van der Waals surface area contributed by atoms with E-state index in [4.69, 9.17) is 4.74 Å².